The first-order valence-corrected chi connectivity index (χ1v) is 16.9. The van der Waals surface area contributed by atoms with Gasteiger partial charge in [-0.05, 0) is 53.4 Å². The summed E-state index contributed by atoms with van der Waals surface area (Å²) in [5.41, 5.74) is -6.10. The predicted molar refractivity (Wildman–Crippen MR) is 234 cm³/mol. The van der Waals surface area contributed by atoms with E-state index < -0.39 is 276 Å². The maximum atomic E-state index is 9.79. The molecule has 0 atom stereocenters. The molecule has 0 saturated heterocycles. The SMILES string of the molecule is [2H]c1c([2H])c([2H])c(-c2c([2H])c([2H])c3c(c2[2H])c2c([2H])c([2H])c([2H])c([2H])c2n3-c2nc(-c3c([2H])c([2H])c([2H])c4c5c([2H])c([2H])c([2H])c6c7c([2H])c([2H])c([2H])c([2H])c7n(c34)c65)nc(-n3c4c([2H])c([2H])c([2H])c([2H])c4c4c([2H])c([2H])c([2H])c([2H])c43)n2)c([2H])c1[2H]. The van der Waals surface area contributed by atoms with Gasteiger partial charge in [0.2, 0.25) is 11.9 Å². The van der Waals surface area contributed by atoms with Gasteiger partial charge in [0, 0.05) is 48.7 Å². The second-order valence-electron chi connectivity index (χ2n) is 12.6. The minimum atomic E-state index is -1.02. The highest BCUT2D eigenvalue weighted by Gasteiger charge is 2.24. The molecule has 0 aliphatic heterocycles. The van der Waals surface area contributed by atoms with E-state index in [1.165, 1.54) is 0 Å². The fraction of sp³-hybridized carbons (Fsp3) is 0. The Labute approximate surface area is 367 Å². The van der Waals surface area contributed by atoms with Crippen LogP contribution in [0.5, 0.6) is 0 Å². The van der Waals surface area contributed by atoms with Crippen LogP contribution in [-0.2, 0) is 0 Å². The minimum absolute atomic E-state index is 0.264. The third-order valence-electron chi connectivity index (χ3n) is 9.71. The van der Waals surface area contributed by atoms with Gasteiger partial charge < -0.3 is 4.40 Å². The Kier molecular flexibility index (Phi) is 2.73. The van der Waals surface area contributed by atoms with Gasteiger partial charge in [-0.1, -0.05) is 139 Å². The molecule has 0 fully saturated rings. The fourth-order valence-electron chi connectivity index (χ4n) is 7.44. The van der Waals surface area contributed by atoms with E-state index in [2.05, 4.69) is 0 Å². The highest BCUT2D eigenvalue weighted by Crippen LogP contribution is 2.42. The number of nitrogens with zero attached hydrogens (tertiary/aromatic N) is 6. The molecule has 6 nitrogen and oxygen atoms in total. The molecule has 57 heavy (non-hydrogen) atoms. The Balaban J connectivity index is 1.33. The largest absolute Gasteiger partial charge is 0.307 e. The lowest BCUT2D eigenvalue weighted by molar-refractivity contribution is 0.893. The maximum Gasteiger partial charge on any atom is 0.240 e. The van der Waals surface area contributed by atoms with Gasteiger partial charge in [-0.3, -0.25) is 9.13 Å². The lowest BCUT2D eigenvalue weighted by Gasteiger charge is -2.13. The molecular weight excluding hydrogens is 697 g/mol. The molecule has 5 aromatic heterocycles. The lowest BCUT2D eigenvalue weighted by atomic mass is 10.0. The van der Waals surface area contributed by atoms with Gasteiger partial charge in [0.05, 0.1) is 79.7 Å². The van der Waals surface area contributed by atoms with Gasteiger partial charge >= 0.3 is 0 Å². The summed E-state index contributed by atoms with van der Waals surface area (Å²) in [5, 5.41) is -3.78. The van der Waals surface area contributed by atoms with E-state index in [9.17, 15) is 16.4 Å². The highest BCUT2D eigenvalue weighted by atomic mass is 15.3. The van der Waals surface area contributed by atoms with E-state index >= 15 is 0 Å². The van der Waals surface area contributed by atoms with Gasteiger partial charge in [-0.15, -0.1) is 0 Å². The third-order valence-corrected chi connectivity index (χ3v) is 9.71. The van der Waals surface area contributed by atoms with Crippen molar-refractivity contribution >= 4 is 81.7 Å². The van der Waals surface area contributed by atoms with Crippen LogP contribution in [0, 0.1) is 0 Å². The smallest absolute Gasteiger partial charge is 0.240 e. The molecule has 0 unspecified atom stereocenters. The van der Waals surface area contributed by atoms with Crippen LogP contribution in [0.2, 0.25) is 0 Å². The lowest BCUT2D eigenvalue weighted by Crippen LogP contribution is -2.10. The molecule has 0 aliphatic rings. The van der Waals surface area contributed by atoms with Crippen LogP contribution in [0.3, 0.4) is 0 Å². The Morgan fingerprint density at radius 3 is 1.42 bits per heavy atom. The topological polar surface area (TPSA) is 52.9 Å². The van der Waals surface area contributed by atoms with Crippen molar-refractivity contribution in [1.82, 2.24) is 28.5 Å². The quantitative estimate of drug-likeness (QED) is 0.180. The average molecular weight is 757 g/mol. The summed E-state index contributed by atoms with van der Waals surface area (Å²) < 4.78 is 275. The van der Waals surface area contributed by atoms with Crippen molar-refractivity contribution in [2.45, 2.75) is 0 Å². The minimum Gasteiger partial charge on any atom is -0.307 e. The van der Waals surface area contributed by atoms with Crippen LogP contribution < -0.4 is 0 Å². The van der Waals surface area contributed by atoms with Gasteiger partial charge in [0.1, 0.15) is 0 Å². The van der Waals surface area contributed by atoms with Crippen molar-refractivity contribution < 1.29 is 41.1 Å². The van der Waals surface area contributed by atoms with Crippen LogP contribution in [0.25, 0.3) is 116 Å². The highest BCUT2D eigenvalue weighted by molar-refractivity contribution is 6.25. The van der Waals surface area contributed by atoms with Gasteiger partial charge in [-0.2, -0.15) is 15.0 Å². The zero-order valence-electron chi connectivity index (χ0n) is 58.2. The second-order valence-corrected chi connectivity index (χ2v) is 12.6. The Bertz CT molecular complexity index is 5430. The number of rotatable bonds is 4. The van der Waals surface area contributed by atoms with Crippen molar-refractivity contribution in [2.24, 2.45) is 0 Å². The van der Waals surface area contributed by atoms with Gasteiger partial charge in [0.25, 0.3) is 0 Å². The molecule has 5 heterocycles. The monoisotopic (exact) mass is 756 g/mol. The van der Waals surface area contributed by atoms with Crippen molar-refractivity contribution in [3.05, 3.63) is 181 Å². The summed E-state index contributed by atoms with van der Waals surface area (Å²) in [7, 11) is 0. The fourth-order valence-corrected chi connectivity index (χ4v) is 7.44. The first-order chi connectivity index (χ1) is 40.8. The molecule has 264 valence electrons. The van der Waals surface area contributed by atoms with E-state index in [0.29, 0.717) is 0 Å². The molecule has 0 bridgehead atoms. The normalized spacial score (nSPS) is 19.6. The van der Waals surface area contributed by atoms with Crippen molar-refractivity contribution in [3.63, 3.8) is 0 Å². The summed E-state index contributed by atoms with van der Waals surface area (Å²) in [6, 6.07) is -26.3. The molecule has 13 rings (SSSR count). The zero-order valence-corrected chi connectivity index (χ0v) is 28.2. The summed E-state index contributed by atoms with van der Waals surface area (Å²) in [6.45, 7) is 0. The zero-order chi connectivity index (χ0) is 63.3. The predicted octanol–water partition coefficient (Wildman–Crippen LogP) is 12.5. The van der Waals surface area contributed by atoms with Crippen LogP contribution in [0.15, 0.2) is 181 Å². The molecule has 13 aromatic rings. The molecule has 0 amide bonds. The Morgan fingerprint density at radius 2 is 0.789 bits per heavy atom. The number of hydrogen-bond donors (Lipinski definition) is 0. The van der Waals surface area contributed by atoms with E-state index in [0.717, 1.165) is 13.5 Å². The van der Waals surface area contributed by atoms with Crippen molar-refractivity contribution in [3.8, 4) is 34.4 Å². The van der Waals surface area contributed by atoms with E-state index in [4.69, 9.17) is 39.6 Å². The number of aromatic nitrogens is 6. The Hall–Kier alpha value is -7.83. The molecule has 0 radical (unpaired) electrons. The number of hydrogen-bond acceptors (Lipinski definition) is 3. The third kappa shape index (κ3) is 4.16. The summed E-state index contributed by atoms with van der Waals surface area (Å²) in [4.78, 5) is 14.2. The van der Waals surface area contributed by atoms with E-state index in [-0.39, 0.29) is 21.7 Å². The molecular formula is C51H30N6. The van der Waals surface area contributed by atoms with E-state index in [1.54, 1.807) is 0 Å². The van der Waals surface area contributed by atoms with E-state index in [1.807, 2.05) is 0 Å². The van der Waals surface area contributed by atoms with Crippen LogP contribution in [0.4, 0.5) is 0 Å². The summed E-state index contributed by atoms with van der Waals surface area (Å²) >= 11 is 0. The molecule has 0 spiro atoms. The molecule has 8 aromatic carbocycles. The summed E-state index contributed by atoms with van der Waals surface area (Å²) in [6.07, 6.45) is 0. The van der Waals surface area contributed by atoms with Crippen LogP contribution in [-0.4, -0.2) is 28.5 Å². The van der Waals surface area contributed by atoms with Crippen molar-refractivity contribution in [1.29, 1.82) is 0 Å². The summed E-state index contributed by atoms with van der Waals surface area (Å²) in [5.74, 6) is -2.79. The van der Waals surface area contributed by atoms with Gasteiger partial charge in [-0.25, -0.2) is 0 Å². The average Bonchev–Trinajstić information content (AvgIpc) is 1.56. The molecule has 0 N–H and O–H groups in total. The van der Waals surface area contributed by atoms with Crippen molar-refractivity contribution in [2.75, 3.05) is 0 Å². The second kappa shape index (κ2) is 11.4. The number of fused-ring (bicyclic) bond motifs is 12. The van der Waals surface area contributed by atoms with Crippen LogP contribution in [0.1, 0.15) is 41.1 Å². The molecule has 0 saturated carbocycles. The first kappa shape index (κ1) is 13.7. The maximum absolute atomic E-state index is 9.79. The van der Waals surface area contributed by atoms with Gasteiger partial charge in [0.15, 0.2) is 5.82 Å². The standard InChI is InChI=1S/C51H30N6/c1-2-14-31(15-3-1)32-28-29-46-41(30-32)36-19-7-10-26-44(36)56(46)51-53-49(52-50(54-51)55-42-24-8-4-16-33(42)34-17-5-9-25-43(34)55)40-23-13-22-39-38-21-12-20-37-35-18-6-11-27-45(35)57(47(37)38)48(39)40/h1-30H/i1D,2D,3D,4D,5D,6D,7D,8D,9D,10D,11D,12D,13D,14D,15D,16D,17D,18D,19D,20D,21D,22D,23D,24D,25D,26D,27D,28D,29D,30D. The first-order valence-electron chi connectivity index (χ1n) is 31.9. The number of para-hydroxylation sites is 6. The molecule has 0 aliphatic carbocycles. The number of benzene rings is 8. The van der Waals surface area contributed by atoms with Crippen LogP contribution >= 0.6 is 0 Å². The molecule has 6 heteroatoms. The Morgan fingerprint density at radius 1 is 0.333 bits per heavy atom.